The van der Waals surface area contributed by atoms with Crippen molar-refractivity contribution in [3.05, 3.63) is 41.7 Å². The lowest BCUT2D eigenvalue weighted by atomic mass is 9.77. The second kappa shape index (κ2) is 10.1. The predicted octanol–water partition coefficient (Wildman–Crippen LogP) is 2.51. The number of likely N-dealkylation sites (tertiary alicyclic amines) is 1. The van der Waals surface area contributed by atoms with Gasteiger partial charge in [0.05, 0.1) is 18.2 Å². The van der Waals surface area contributed by atoms with Crippen LogP contribution < -0.4 is 21.1 Å². The number of hydrogen-bond acceptors (Lipinski definition) is 7. The molecule has 2 heterocycles. The molecule has 1 aromatic carbocycles. The lowest BCUT2D eigenvalue weighted by Gasteiger charge is -2.38. The minimum Gasteiger partial charge on any atom is -0.496 e. The van der Waals surface area contributed by atoms with E-state index in [4.69, 9.17) is 27.0 Å². The molecule has 1 spiro atoms. The minimum atomic E-state index is -0.497. The average molecular weight is 467 g/mol. The number of allylic oxidation sites excluding steroid dienone is 2. The van der Waals surface area contributed by atoms with Crippen LogP contribution in [0.25, 0.3) is 5.57 Å². The molecule has 0 saturated carbocycles. The molecule has 182 valence electrons. The maximum Gasteiger partial charge on any atom is 0.269 e. The molecule has 2 aliphatic heterocycles. The summed E-state index contributed by atoms with van der Waals surface area (Å²) in [5, 5.41) is 15.5. The summed E-state index contributed by atoms with van der Waals surface area (Å²) in [7, 11) is 1.55. The van der Waals surface area contributed by atoms with Crippen molar-refractivity contribution < 1.29 is 14.3 Å². The summed E-state index contributed by atoms with van der Waals surface area (Å²) >= 11 is 0. The summed E-state index contributed by atoms with van der Waals surface area (Å²) in [5.74, 6) is 0.314. The van der Waals surface area contributed by atoms with Gasteiger partial charge in [-0.25, -0.2) is 0 Å². The van der Waals surface area contributed by atoms with Crippen molar-refractivity contribution in [2.24, 2.45) is 22.8 Å². The molecule has 2 amide bonds. The minimum absolute atomic E-state index is 0.00576. The topological polar surface area (TPSA) is 150 Å². The number of piperidine rings is 1. The third-order valence-corrected chi connectivity index (χ3v) is 6.84. The van der Waals surface area contributed by atoms with Gasteiger partial charge in [0.2, 0.25) is 5.91 Å². The van der Waals surface area contributed by atoms with Crippen LogP contribution in [-0.2, 0) is 9.59 Å². The smallest absolute Gasteiger partial charge is 0.269 e. The van der Waals surface area contributed by atoms with E-state index in [1.54, 1.807) is 29.0 Å². The Morgan fingerprint density at radius 2 is 1.85 bits per heavy atom. The molecule has 0 unspecified atom stereocenters. The highest BCUT2D eigenvalue weighted by molar-refractivity contribution is 6.09. The standard InChI is InChI=1S/C25H34N6O3/c1-16(2)20(28)13-21(29)23(32)30-9-6-25(7-10-30)8-11-31(24(25)33)18-4-5-19(17(14-26)15-27)22(12-18)34-3/h4-5,12-16,26,28H,6-11,27,29H2,1-3H3/b17-15+,21-13-,26-14?,28-20?. The summed E-state index contributed by atoms with van der Waals surface area (Å²) in [5.41, 5.74) is 13.4. The lowest BCUT2D eigenvalue weighted by molar-refractivity contribution is -0.135. The van der Waals surface area contributed by atoms with Crippen LogP contribution in [0.3, 0.4) is 0 Å². The van der Waals surface area contributed by atoms with Crippen molar-refractivity contribution in [3.63, 3.8) is 0 Å². The molecule has 9 nitrogen and oxygen atoms in total. The molecule has 2 saturated heterocycles. The summed E-state index contributed by atoms with van der Waals surface area (Å²) in [4.78, 5) is 29.7. The number of methoxy groups -OCH3 is 1. The number of amides is 2. The number of carbonyl (C=O) groups excluding carboxylic acids is 2. The second-order valence-electron chi connectivity index (χ2n) is 9.14. The van der Waals surface area contributed by atoms with Crippen molar-refractivity contribution in [1.82, 2.24) is 4.90 Å². The quantitative estimate of drug-likeness (QED) is 0.360. The van der Waals surface area contributed by atoms with Gasteiger partial charge in [0.15, 0.2) is 0 Å². The number of anilines is 1. The van der Waals surface area contributed by atoms with E-state index in [1.807, 2.05) is 19.9 Å². The molecule has 0 aliphatic carbocycles. The molecule has 9 heteroatoms. The molecule has 0 atom stereocenters. The van der Waals surface area contributed by atoms with E-state index >= 15 is 0 Å². The Morgan fingerprint density at radius 3 is 2.41 bits per heavy atom. The van der Waals surface area contributed by atoms with Crippen molar-refractivity contribution in [1.29, 1.82) is 10.8 Å². The van der Waals surface area contributed by atoms with Gasteiger partial charge in [0.1, 0.15) is 5.75 Å². The van der Waals surface area contributed by atoms with Gasteiger partial charge in [-0.05, 0) is 43.4 Å². The summed E-state index contributed by atoms with van der Waals surface area (Å²) in [6, 6.07) is 5.45. The Hall–Kier alpha value is -3.62. The molecular weight excluding hydrogens is 432 g/mol. The fraction of sp³-hybridized carbons (Fsp3) is 0.440. The second-order valence-corrected chi connectivity index (χ2v) is 9.14. The molecule has 2 fully saturated rings. The van der Waals surface area contributed by atoms with Crippen LogP contribution >= 0.6 is 0 Å². The van der Waals surface area contributed by atoms with Gasteiger partial charge in [0, 0.05) is 60.7 Å². The normalized spacial score (nSPS) is 18.5. The third kappa shape index (κ3) is 4.69. The first kappa shape index (κ1) is 25.0. The van der Waals surface area contributed by atoms with Gasteiger partial charge in [0.25, 0.3) is 5.91 Å². The number of nitrogens with two attached hydrogens (primary N) is 2. The van der Waals surface area contributed by atoms with E-state index < -0.39 is 5.41 Å². The number of carbonyl (C=O) groups is 2. The molecular formula is C25H34N6O3. The SMILES string of the molecule is COc1cc(N2CCC3(CCN(C(=O)/C(N)=C/C(=N)C(C)C)CC3)C2=O)ccc1/C(C=N)=C/N. The molecule has 2 aliphatic rings. The van der Waals surface area contributed by atoms with Gasteiger partial charge in [-0.1, -0.05) is 13.8 Å². The Bertz CT molecular complexity index is 1050. The van der Waals surface area contributed by atoms with E-state index in [0.29, 0.717) is 55.1 Å². The Morgan fingerprint density at radius 1 is 1.21 bits per heavy atom. The van der Waals surface area contributed by atoms with Crippen LogP contribution in [0.4, 0.5) is 5.69 Å². The Balaban J connectivity index is 1.72. The predicted molar refractivity (Wildman–Crippen MR) is 134 cm³/mol. The first-order chi connectivity index (χ1) is 16.2. The number of ether oxygens (including phenoxy) is 1. The number of hydrogen-bond donors (Lipinski definition) is 4. The van der Waals surface area contributed by atoms with E-state index in [-0.39, 0.29) is 23.4 Å². The van der Waals surface area contributed by atoms with Crippen molar-refractivity contribution in [2.45, 2.75) is 33.1 Å². The van der Waals surface area contributed by atoms with Gasteiger partial charge in [-0.2, -0.15) is 0 Å². The van der Waals surface area contributed by atoms with Crippen LogP contribution in [-0.4, -0.2) is 55.4 Å². The maximum absolute atomic E-state index is 13.5. The van der Waals surface area contributed by atoms with E-state index in [1.165, 1.54) is 12.3 Å². The Kier molecular flexibility index (Phi) is 7.44. The third-order valence-electron chi connectivity index (χ3n) is 6.84. The van der Waals surface area contributed by atoms with Gasteiger partial charge >= 0.3 is 0 Å². The summed E-state index contributed by atoms with van der Waals surface area (Å²) in [6.07, 6.45) is 5.81. The molecule has 1 aromatic rings. The zero-order valence-corrected chi connectivity index (χ0v) is 20.1. The molecule has 34 heavy (non-hydrogen) atoms. The van der Waals surface area contributed by atoms with Crippen molar-refractivity contribution >= 4 is 35.0 Å². The molecule has 0 bridgehead atoms. The van der Waals surface area contributed by atoms with Gasteiger partial charge in [-0.3, -0.25) is 9.59 Å². The summed E-state index contributed by atoms with van der Waals surface area (Å²) in [6.45, 7) is 5.25. The fourth-order valence-electron chi connectivity index (χ4n) is 4.55. The molecule has 0 aromatic heterocycles. The van der Waals surface area contributed by atoms with E-state index in [2.05, 4.69) is 0 Å². The van der Waals surface area contributed by atoms with Gasteiger partial charge < -0.3 is 36.8 Å². The van der Waals surface area contributed by atoms with Crippen LogP contribution in [0.15, 0.2) is 36.2 Å². The van der Waals surface area contributed by atoms with E-state index in [9.17, 15) is 9.59 Å². The van der Waals surface area contributed by atoms with E-state index in [0.717, 1.165) is 18.3 Å². The largest absolute Gasteiger partial charge is 0.496 e. The zero-order chi connectivity index (χ0) is 25.0. The number of nitrogens with zero attached hydrogens (tertiary/aromatic N) is 2. The molecule has 3 rings (SSSR count). The van der Waals surface area contributed by atoms with Gasteiger partial charge in [-0.15, -0.1) is 0 Å². The van der Waals surface area contributed by atoms with Crippen molar-refractivity contribution in [3.8, 4) is 5.75 Å². The number of benzene rings is 1. The Labute approximate surface area is 200 Å². The average Bonchev–Trinajstić information content (AvgIpc) is 3.15. The highest BCUT2D eigenvalue weighted by Crippen LogP contribution is 2.44. The molecule has 6 N–H and O–H groups in total. The lowest BCUT2D eigenvalue weighted by Crippen LogP contribution is -2.47. The highest BCUT2D eigenvalue weighted by Gasteiger charge is 2.49. The highest BCUT2D eigenvalue weighted by atomic mass is 16.5. The number of nitrogens with one attached hydrogen (secondary N) is 2. The summed E-state index contributed by atoms with van der Waals surface area (Å²) < 4.78 is 5.49. The molecule has 0 radical (unpaired) electrons. The monoisotopic (exact) mass is 466 g/mol. The fourth-order valence-corrected chi connectivity index (χ4v) is 4.55. The zero-order valence-electron chi connectivity index (χ0n) is 20.1. The number of rotatable bonds is 7. The van der Waals surface area contributed by atoms with Crippen LogP contribution in [0.5, 0.6) is 5.75 Å². The van der Waals surface area contributed by atoms with Crippen LogP contribution in [0.1, 0.15) is 38.7 Å². The first-order valence-electron chi connectivity index (χ1n) is 11.4. The van der Waals surface area contributed by atoms with Crippen LogP contribution in [0, 0.1) is 22.2 Å². The van der Waals surface area contributed by atoms with Crippen molar-refractivity contribution in [2.75, 3.05) is 31.6 Å². The first-order valence-corrected chi connectivity index (χ1v) is 11.4. The maximum atomic E-state index is 13.5. The van der Waals surface area contributed by atoms with Crippen LogP contribution in [0.2, 0.25) is 0 Å².